The van der Waals surface area contributed by atoms with Crippen molar-refractivity contribution in [3.05, 3.63) is 150 Å². The first-order valence-electron chi connectivity index (χ1n) is 17.5. The Kier molecular flexibility index (Phi) is 46.7. The molecule has 0 aliphatic rings. The van der Waals surface area contributed by atoms with Crippen molar-refractivity contribution in [1.29, 1.82) is 0 Å². The third-order valence-electron chi connectivity index (χ3n) is 6.18. The number of nitrogens with zero attached hydrogens (tertiary/aromatic N) is 3. The molecular formula is C41H56AlF2LiN4NaO4S4-. The number of thioether (sulfide) groups is 1. The van der Waals surface area contributed by atoms with Gasteiger partial charge in [-0.15, -0.1) is 11.8 Å². The van der Waals surface area contributed by atoms with Crippen LogP contribution in [0.1, 0.15) is 61.7 Å². The van der Waals surface area contributed by atoms with E-state index in [-0.39, 0.29) is 98.0 Å². The maximum absolute atomic E-state index is 12.1. The van der Waals surface area contributed by atoms with Crippen molar-refractivity contribution in [2.45, 2.75) is 74.6 Å². The fourth-order valence-electron chi connectivity index (χ4n) is 3.69. The summed E-state index contributed by atoms with van der Waals surface area (Å²) in [4.78, 5) is 11.6. The molecule has 0 aliphatic heterocycles. The number of hydrogen-bond donors (Lipinski definition) is 1. The molecule has 0 aliphatic carbocycles. The fraction of sp³-hybridized carbons (Fsp3) is 0.317. The molecular weight excluding hydrogens is 836 g/mol. The summed E-state index contributed by atoms with van der Waals surface area (Å²) < 4.78 is 73.9. The maximum Gasteiger partial charge on any atom is 1.00 e. The van der Waals surface area contributed by atoms with Crippen molar-refractivity contribution in [2.75, 3.05) is 24.4 Å². The molecule has 0 aromatic heterocycles. The Bertz CT molecular complexity index is 1970. The van der Waals surface area contributed by atoms with Crippen molar-refractivity contribution < 1.29 is 76.8 Å². The van der Waals surface area contributed by atoms with Gasteiger partial charge in [0.2, 0.25) is 0 Å². The Morgan fingerprint density at radius 1 is 0.707 bits per heavy atom. The zero-order valence-corrected chi connectivity index (χ0v) is 39.1. The molecule has 0 amide bonds. The van der Waals surface area contributed by atoms with Gasteiger partial charge in [0.15, 0.2) is 54.1 Å². The molecule has 4 aromatic rings. The fourth-order valence-corrected chi connectivity index (χ4v) is 7.10. The molecule has 0 unspecified atom stereocenters. The predicted octanol–water partition coefficient (Wildman–Crippen LogP) is 4.35. The van der Waals surface area contributed by atoms with Crippen molar-refractivity contribution in [1.82, 2.24) is 0 Å². The van der Waals surface area contributed by atoms with E-state index in [4.69, 9.17) is 26.8 Å². The Labute approximate surface area is 406 Å². The molecule has 0 fully saturated rings. The summed E-state index contributed by atoms with van der Waals surface area (Å²) in [5.74, 6) is 1.21. The number of hydrogen-bond acceptors (Lipinski definition) is 7. The Hall–Kier alpha value is -2.10. The van der Waals surface area contributed by atoms with Crippen molar-refractivity contribution in [3.8, 4) is 0 Å². The number of sulfone groups is 2. The molecule has 0 spiro atoms. The number of benzene rings is 4. The standard InChI is InChI=1S/C10H11NO2S.C10H15NO2S.C10H11NS.C7H4FN.C3H7.CH3F.Al.Li.Na.H2S.4H/c1-3-8-14(12,13)10-6-4-9(11-2)5-7-10;1-2-7-14(12,13)10-5-3-9(8-11)4-6-10;1-3-8-12-10-6-4-9(11-2)5-7-10;1-9-7-4-2-6(8)3-5-7;1-3-2;1-2;;;;;;;;/h4-7H,3,8H2,1H3;3-6H,2,7-8,11H2,1H3;4-7H,3,8H2,1H3;2-5H;1,3H2,2H3;1H3;;;;1H2;;;;/q;;;;-1;;;2*+1;;;;;-1/p-1/i;;;;;1D;;;;;;;;. The van der Waals surface area contributed by atoms with Gasteiger partial charge in [-0.3, -0.25) is 4.39 Å². The normalized spacial score (nSPS) is 9.29. The van der Waals surface area contributed by atoms with Crippen LogP contribution < -0.4 is 54.2 Å². The van der Waals surface area contributed by atoms with Gasteiger partial charge in [-0.25, -0.2) is 35.8 Å². The monoisotopic (exact) mass is 892 g/mol. The van der Waals surface area contributed by atoms with Gasteiger partial charge >= 0.3 is 48.4 Å². The zero-order valence-electron chi connectivity index (χ0n) is 35.8. The van der Waals surface area contributed by atoms with Gasteiger partial charge in [-0.1, -0.05) is 100 Å². The quantitative estimate of drug-likeness (QED) is 0.0831. The summed E-state index contributed by atoms with van der Waals surface area (Å²) in [5.41, 5.74) is 8.01. The van der Waals surface area contributed by atoms with Crippen LogP contribution in [0.3, 0.4) is 0 Å². The molecule has 308 valence electrons. The second-order valence-electron chi connectivity index (χ2n) is 10.6. The smallest absolute Gasteiger partial charge is 1.00 e. The van der Waals surface area contributed by atoms with Crippen LogP contribution in [0.2, 0.25) is 0 Å². The van der Waals surface area contributed by atoms with E-state index in [0.717, 1.165) is 23.4 Å². The van der Waals surface area contributed by atoms with Crippen molar-refractivity contribution >= 4 is 79.4 Å². The number of halogens is 2. The van der Waals surface area contributed by atoms with Crippen LogP contribution >= 0.6 is 11.8 Å². The Morgan fingerprint density at radius 2 is 1.02 bits per heavy atom. The van der Waals surface area contributed by atoms with Crippen LogP contribution in [0.4, 0.5) is 25.8 Å². The van der Waals surface area contributed by atoms with Crippen LogP contribution in [0.25, 0.3) is 14.5 Å². The third kappa shape index (κ3) is 30.9. The molecule has 58 heavy (non-hydrogen) atoms. The largest absolute Gasteiger partial charge is 1.00 e. The number of alkyl halides is 1. The molecule has 0 radical (unpaired) electrons. The molecule has 8 nitrogen and oxygen atoms in total. The van der Waals surface area contributed by atoms with Gasteiger partial charge in [0.05, 0.1) is 49.5 Å². The second kappa shape index (κ2) is 41.6. The second-order valence-corrected chi connectivity index (χ2v) is 16.0. The summed E-state index contributed by atoms with van der Waals surface area (Å²) in [7, 11) is -7.21. The molecule has 0 saturated carbocycles. The third-order valence-corrected chi connectivity index (χ3v) is 11.3. The molecule has 17 heteroatoms. The minimum Gasteiger partial charge on any atom is -1.00 e. The minimum atomic E-state index is -3.14. The predicted molar refractivity (Wildman–Crippen MR) is 241 cm³/mol. The molecule has 4 aromatic carbocycles. The summed E-state index contributed by atoms with van der Waals surface area (Å²) in [5, 5.41) is 0. The topological polar surface area (TPSA) is 107 Å². The van der Waals surface area contributed by atoms with Crippen LogP contribution in [0, 0.1) is 32.5 Å². The number of rotatable bonds is 10. The first kappa shape index (κ1) is 65.0. The molecule has 0 bridgehead atoms. The molecule has 4 rings (SSSR count). The van der Waals surface area contributed by atoms with Gasteiger partial charge in [0.25, 0.3) is 0 Å². The minimum absolute atomic E-state index is 0. The van der Waals surface area contributed by atoms with Gasteiger partial charge in [0.1, 0.15) is 5.82 Å². The SMILES string of the molecule is CCCS(=O)(=O)c1ccc(CN)cc1.[2H]CF.[AlH3].[C-]#[N+]c1ccc(F)cc1.[C-]#[N+]c1ccc(S(=O)(=O)CCC)cc1.[C-]#[N+]c1ccc(SCCC)cc1.[CH2-]CC.[H-].[Li+].[Na+].[SH-]. The van der Waals surface area contributed by atoms with Gasteiger partial charge in [-0.05, 0) is 54.8 Å². The van der Waals surface area contributed by atoms with Gasteiger partial charge in [0, 0.05) is 11.4 Å². The average Bonchev–Trinajstić information content (AvgIpc) is 3.19. The van der Waals surface area contributed by atoms with Gasteiger partial charge < -0.3 is 27.6 Å². The number of thiol groups is 1. The first-order chi connectivity index (χ1) is 26.2. The van der Waals surface area contributed by atoms with Crippen LogP contribution in [0.15, 0.2) is 112 Å². The van der Waals surface area contributed by atoms with E-state index >= 15 is 0 Å². The molecule has 2 N–H and O–H groups in total. The van der Waals surface area contributed by atoms with E-state index in [9.17, 15) is 25.6 Å². The van der Waals surface area contributed by atoms with Gasteiger partial charge in [-0.2, -0.15) is 6.42 Å². The van der Waals surface area contributed by atoms with E-state index in [0.29, 0.717) is 40.6 Å². The summed E-state index contributed by atoms with van der Waals surface area (Å²) in [6.45, 7) is 31.8. The van der Waals surface area contributed by atoms with Crippen molar-refractivity contribution in [3.63, 3.8) is 0 Å². The van der Waals surface area contributed by atoms with Crippen LogP contribution in [-0.4, -0.2) is 58.6 Å². The Morgan fingerprint density at radius 3 is 1.31 bits per heavy atom. The molecule has 0 atom stereocenters. The van der Waals surface area contributed by atoms with E-state index < -0.39 is 26.8 Å². The van der Waals surface area contributed by atoms with E-state index in [1.54, 1.807) is 24.3 Å². The van der Waals surface area contributed by atoms with E-state index in [1.807, 2.05) is 56.8 Å². The average molecular weight is 893 g/mol. The van der Waals surface area contributed by atoms with E-state index in [2.05, 4.69) is 28.4 Å². The van der Waals surface area contributed by atoms with Crippen molar-refractivity contribution in [2.24, 2.45) is 5.73 Å². The zero-order chi connectivity index (χ0) is 42.1. The summed E-state index contributed by atoms with van der Waals surface area (Å²) in [6.07, 6.45) is 3.43. The van der Waals surface area contributed by atoms with E-state index in [1.165, 1.54) is 59.8 Å². The molecule has 0 saturated heterocycles. The maximum atomic E-state index is 12.1. The van der Waals surface area contributed by atoms with Crippen LogP contribution in [-0.2, 0) is 39.7 Å². The van der Waals surface area contributed by atoms with Crippen LogP contribution in [0.5, 0.6) is 0 Å². The first-order valence-corrected chi connectivity index (χ1v) is 21.1. The molecule has 0 heterocycles. The number of nitrogens with two attached hydrogens (primary N) is 1. The Balaban J connectivity index is -0.000000117. The summed E-state index contributed by atoms with van der Waals surface area (Å²) >= 11 is 1.84. The summed E-state index contributed by atoms with van der Waals surface area (Å²) in [6, 6.07) is 25.9.